The Hall–Kier alpha value is -2.11. The molecule has 0 spiro atoms. The first-order chi connectivity index (χ1) is 9.86. The van der Waals surface area contributed by atoms with Gasteiger partial charge in [-0.25, -0.2) is 0 Å². The Morgan fingerprint density at radius 1 is 1.48 bits per heavy atom. The van der Waals surface area contributed by atoms with E-state index in [4.69, 9.17) is 0 Å². The van der Waals surface area contributed by atoms with Crippen molar-refractivity contribution in [3.8, 4) is 0 Å². The van der Waals surface area contributed by atoms with Gasteiger partial charge in [0.2, 0.25) is 0 Å². The molecule has 1 unspecified atom stereocenters. The molecular formula is C15H21N3O3. The monoisotopic (exact) mass is 291 g/mol. The molecule has 1 aromatic rings. The maximum absolute atomic E-state index is 12.3. The molecule has 114 valence electrons. The lowest BCUT2D eigenvalue weighted by molar-refractivity contribution is -0.384. The predicted molar refractivity (Wildman–Crippen MR) is 81.5 cm³/mol. The number of para-hydroxylation sites is 1. The summed E-state index contributed by atoms with van der Waals surface area (Å²) in [7, 11) is 0. The molecule has 1 saturated carbocycles. The van der Waals surface area contributed by atoms with E-state index < -0.39 is 4.92 Å². The molecular weight excluding hydrogens is 270 g/mol. The Kier molecular flexibility index (Phi) is 4.16. The highest BCUT2D eigenvalue weighted by molar-refractivity contribution is 6.00. The van der Waals surface area contributed by atoms with Crippen LogP contribution in [0.25, 0.3) is 0 Å². The fraction of sp³-hybridized carbons (Fsp3) is 0.533. The first kappa shape index (κ1) is 15.3. The fourth-order valence-corrected chi connectivity index (χ4v) is 2.28. The molecule has 1 fully saturated rings. The summed E-state index contributed by atoms with van der Waals surface area (Å²) in [5, 5.41) is 17.2. The number of amides is 1. The zero-order valence-electron chi connectivity index (χ0n) is 12.6. The molecule has 21 heavy (non-hydrogen) atoms. The molecule has 0 bridgehead atoms. The van der Waals surface area contributed by atoms with E-state index in [0.717, 1.165) is 12.8 Å². The maximum Gasteiger partial charge on any atom is 0.305 e. The number of carbonyl (C=O) groups is 1. The number of nitro benzene ring substituents is 1. The first-order valence-corrected chi connectivity index (χ1v) is 7.19. The second-order valence-corrected chi connectivity index (χ2v) is 6.10. The highest BCUT2D eigenvalue weighted by Crippen LogP contribution is 2.44. The van der Waals surface area contributed by atoms with Crippen molar-refractivity contribution >= 4 is 17.3 Å². The Balaban J connectivity index is 2.25. The van der Waals surface area contributed by atoms with Gasteiger partial charge in [0.15, 0.2) is 0 Å². The van der Waals surface area contributed by atoms with Crippen LogP contribution in [0.1, 0.15) is 44.0 Å². The number of nitrogens with zero attached hydrogens (tertiary/aromatic N) is 1. The van der Waals surface area contributed by atoms with E-state index in [0.29, 0.717) is 12.2 Å². The number of carbonyl (C=O) groups excluding carboxylic acids is 1. The van der Waals surface area contributed by atoms with Gasteiger partial charge in [0, 0.05) is 12.6 Å². The van der Waals surface area contributed by atoms with Crippen LogP contribution in [0, 0.1) is 15.5 Å². The van der Waals surface area contributed by atoms with Crippen LogP contribution < -0.4 is 10.6 Å². The highest BCUT2D eigenvalue weighted by Gasteiger charge is 2.47. The van der Waals surface area contributed by atoms with Gasteiger partial charge in [-0.15, -0.1) is 0 Å². The van der Waals surface area contributed by atoms with Crippen LogP contribution in [0.3, 0.4) is 0 Å². The van der Waals surface area contributed by atoms with Gasteiger partial charge >= 0.3 is 5.69 Å². The molecule has 1 aromatic carbocycles. The van der Waals surface area contributed by atoms with Gasteiger partial charge in [0.05, 0.1) is 4.92 Å². The molecule has 1 aliphatic rings. The highest BCUT2D eigenvalue weighted by atomic mass is 16.6. The number of nitrogens with one attached hydrogen (secondary N) is 2. The largest absolute Gasteiger partial charge is 0.379 e. The summed E-state index contributed by atoms with van der Waals surface area (Å²) in [4.78, 5) is 23.1. The van der Waals surface area contributed by atoms with Gasteiger partial charge in [-0.1, -0.05) is 26.8 Å². The van der Waals surface area contributed by atoms with Crippen LogP contribution in [-0.2, 0) is 0 Å². The summed E-state index contributed by atoms with van der Waals surface area (Å²) < 4.78 is 0. The standard InChI is InChI=1S/C15H21N3O3/c1-4-8-16-11-7-5-6-10(13(11)18(20)21)14(19)17-12-9-15(12,2)3/h5-7,12,16H,4,8-9H2,1-3H3,(H,17,19). The zero-order valence-corrected chi connectivity index (χ0v) is 12.6. The van der Waals surface area contributed by atoms with E-state index >= 15 is 0 Å². The van der Waals surface area contributed by atoms with Crippen molar-refractivity contribution in [3.05, 3.63) is 33.9 Å². The number of hydrogen-bond acceptors (Lipinski definition) is 4. The molecule has 2 rings (SSSR count). The summed E-state index contributed by atoms with van der Waals surface area (Å²) in [5.41, 5.74) is 0.443. The SMILES string of the molecule is CCCNc1cccc(C(=O)NC2CC2(C)C)c1[N+](=O)[O-]. The third-order valence-corrected chi connectivity index (χ3v) is 3.85. The topological polar surface area (TPSA) is 84.3 Å². The minimum absolute atomic E-state index is 0.0858. The van der Waals surface area contributed by atoms with Crippen LogP contribution in [0.5, 0.6) is 0 Å². The minimum atomic E-state index is -0.495. The lowest BCUT2D eigenvalue weighted by Crippen LogP contribution is -2.29. The smallest absolute Gasteiger partial charge is 0.305 e. The Morgan fingerprint density at radius 2 is 2.14 bits per heavy atom. The molecule has 0 radical (unpaired) electrons. The van der Waals surface area contributed by atoms with E-state index in [9.17, 15) is 14.9 Å². The first-order valence-electron chi connectivity index (χ1n) is 7.19. The normalized spacial score (nSPS) is 18.9. The molecule has 6 nitrogen and oxygen atoms in total. The molecule has 0 heterocycles. The number of benzene rings is 1. The van der Waals surface area contributed by atoms with Crippen LogP contribution in [0.15, 0.2) is 18.2 Å². The van der Waals surface area contributed by atoms with E-state index in [1.807, 2.05) is 6.92 Å². The average Bonchev–Trinajstić information content (AvgIpc) is 3.02. The number of nitro groups is 1. The van der Waals surface area contributed by atoms with Gasteiger partial charge in [-0.2, -0.15) is 0 Å². The number of hydrogen-bond donors (Lipinski definition) is 2. The van der Waals surface area contributed by atoms with Crippen molar-refractivity contribution < 1.29 is 9.72 Å². The molecule has 0 saturated heterocycles. The molecule has 1 aliphatic carbocycles. The van der Waals surface area contributed by atoms with Crippen molar-refractivity contribution in [3.63, 3.8) is 0 Å². The van der Waals surface area contributed by atoms with Gasteiger partial charge in [-0.3, -0.25) is 14.9 Å². The van der Waals surface area contributed by atoms with Crippen molar-refractivity contribution in [2.45, 2.75) is 39.7 Å². The second kappa shape index (κ2) is 5.71. The van der Waals surface area contributed by atoms with Gasteiger partial charge in [0.1, 0.15) is 11.3 Å². The number of rotatable bonds is 6. The quantitative estimate of drug-likeness (QED) is 0.623. The van der Waals surface area contributed by atoms with Gasteiger partial charge in [0.25, 0.3) is 5.91 Å². The third kappa shape index (κ3) is 3.32. The fourth-order valence-electron chi connectivity index (χ4n) is 2.28. The van der Waals surface area contributed by atoms with Crippen molar-refractivity contribution in [1.29, 1.82) is 0 Å². The summed E-state index contributed by atoms with van der Waals surface area (Å²) in [6.07, 6.45) is 1.75. The lowest BCUT2D eigenvalue weighted by atomic mass is 10.1. The molecule has 2 N–H and O–H groups in total. The Labute approximate surface area is 124 Å². The third-order valence-electron chi connectivity index (χ3n) is 3.85. The van der Waals surface area contributed by atoms with Crippen LogP contribution in [0.2, 0.25) is 0 Å². The summed E-state index contributed by atoms with van der Waals surface area (Å²) in [5.74, 6) is -0.377. The van der Waals surface area contributed by atoms with Crippen molar-refractivity contribution in [2.75, 3.05) is 11.9 Å². The molecule has 1 amide bonds. The summed E-state index contributed by atoms with van der Waals surface area (Å²) in [6, 6.07) is 4.89. The van der Waals surface area contributed by atoms with Crippen molar-refractivity contribution in [1.82, 2.24) is 5.32 Å². The van der Waals surface area contributed by atoms with Crippen LogP contribution in [0.4, 0.5) is 11.4 Å². The predicted octanol–water partition coefficient (Wildman–Crippen LogP) is 2.95. The Morgan fingerprint density at radius 3 is 2.67 bits per heavy atom. The zero-order chi connectivity index (χ0) is 15.6. The van der Waals surface area contributed by atoms with Gasteiger partial charge < -0.3 is 10.6 Å². The second-order valence-electron chi connectivity index (χ2n) is 6.10. The van der Waals surface area contributed by atoms with E-state index in [-0.39, 0.29) is 28.6 Å². The number of anilines is 1. The van der Waals surface area contributed by atoms with E-state index in [2.05, 4.69) is 24.5 Å². The summed E-state index contributed by atoms with van der Waals surface area (Å²) >= 11 is 0. The molecule has 0 aliphatic heterocycles. The van der Waals surface area contributed by atoms with E-state index in [1.54, 1.807) is 12.1 Å². The van der Waals surface area contributed by atoms with Crippen LogP contribution >= 0.6 is 0 Å². The maximum atomic E-state index is 12.3. The van der Waals surface area contributed by atoms with Crippen molar-refractivity contribution in [2.24, 2.45) is 5.41 Å². The van der Waals surface area contributed by atoms with Gasteiger partial charge in [-0.05, 0) is 30.4 Å². The minimum Gasteiger partial charge on any atom is -0.379 e. The molecule has 1 atom stereocenters. The lowest BCUT2D eigenvalue weighted by Gasteiger charge is -2.10. The average molecular weight is 291 g/mol. The van der Waals surface area contributed by atoms with Crippen LogP contribution in [-0.4, -0.2) is 23.4 Å². The Bertz CT molecular complexity index is 569. The summed E-state index contributed by atoms with van der Waals surface area (Å²) in [6.45, 7) is 6.73. The molecule has 6 heteroatoms. The van der Waals surface area contributed by atoms with E-state index in [1.165, 1.54) is 6.07 Å². The molecule has 0 aromatic heterocycles.